The molecule has 1 saturated heterocycles. The molecule has 0 saturated carbocycles. The number of allylic oxidation sites excluding steroid dienone is 9. The molecule has 4 aliphatic carbocycles. The molecule has 1 aromatic rings. The molecule has 0 aromatic heterocycles. The van der Waals surface area contributed by atoms with Crippen molar-refractivity contribution >= 4 is 11.3 Å². The number of nitrogens with one attached hydrogen (secondary N) is 1. The maximum atomic E-state index is 3.98. The van der Waals surface area contributed by atoms with Gasteiger partial charge in [-0.3, -0.25) is 0 Å². The number of hydrogen-bond acceptors (Lipinski definition) is 2. The summed E-state index contributed by atoms with van der Waals surface area (Å²) in [7, 11) is 0. The minimum Gasteiger partial charge on any atom is -0.384 e. The minimum absolute atomic E-state index is 0.443. The van der Waals surface area contributed by atoms with Gasteiger partial charge in [0.15, 0.2) is 0 Å². The SMILES string of the molecule is C1=CCC(N2c3ccccc3C3=CC4C5=CC=CC6C=CC=C(NC4CC32)C56)C=C1. The van der Waals surface area contributed by atoms with Gasteiger partial charge >= 0.3 is 0 Å². The fraction of sp³-hybridized carbons (Fsp3) is 0.286. The highest BCUT2D eigenvalue weighted by Crippen LogP contribution is 2.52. The van der Waals surface area contributed by atoms with Crippen LogP contribution >= 0.6 is 0 Å². The maximum Gasteiger partial charge on any atom is 0.0572 e. The molecule has 6 atom stereocenters. The van der Waals surface area contributed by atoms with E-state index in [9.17, 15) is 0 Å². The molecule has 148 valence electrons. The third-order valence-corrected chi connectivity index (χ3v) is 7.82. The van der Waals surface area contributed by atoms with Crippen molar-refractivity contribution in [2.24, 2.45) is 17.8 Å². The summed E-state index contributed by atoms with van der Waals surface area (Å²) < 4.78 is 0. The molecule has 6 aliphatic rings. The first-order valence-electron chi connectivity index (χ1n) is 11.3. The molecule has 1 N–H and O–H groups in total. The molecular weight excluding hydrogens is 364 g/mol. The van der Waals surface area contributed by atoms with E-state index >= 15 is 0 Å². The first-order valence-corrected chi connectivity index (χ1v) is 11.3. The van der Waals surface area contributed by atoms with Crippen LogP contribution in [0.2, 0.25) is 0 Å². The lowest BCUT2D eigenvalue weighted by Gasteiger charge is -2.49. The van der Waals surface area contributed by atoms with E-state index in [2.05, 4.69) is 101 Å². The van der Waals surface area contributed by atoms with Gasteiger partial charge in [-0.15, -0.1) is 0 Å². The molecule has 0 spiro atoms. The molecule has 1 fully saturated rings. The molecule has 2 nitrogen and oxygen atoms in total. The zero-order chi connectivity index (χ0) is 19.7. The number of hydrogen-bond donors (Lipinski definition) is 1. The predicted molar refractivity (Wildman–Crippen MR) is 124 cm³/mol. The van der Waals surface area contributed by atoms with Crippen LogP contribution in [-0.4, -0.2) is 18.1 Å². The largest absolute Gasteiger partial charge is 0.384 e. The Kier molecular flexibility index (Phi) is 3.49. The highest BCUT2D eigenvalue weighted by atomic mass is 15.2. The number of nitrogens with zero attached hydrogens (tertiary/aromatic N) is 1. The molecular formula is C28H26N2. The lowest BCUT2D eigenvalue weighted by Crippen LogP contribution is -2.53. The van der Waals surface area contributed by atoms with E-state index in [1.807, 2.05) is 0 Å². The lowest BCUT2D eigenvalue weighted by molar-refractivity contribution is 0.324. The number of anilines is 1. The number of piperidine rings is 1. The van der Waals surface area contributed by atoms with Gasteiger partial charge in [-0.2, -0.15) is 0 Å². The average molecular weight is 391 g/mol. The van der Waals surface area contributed by atoms with E-state index in [0.717, 1.165) is 12.8 Å². The summed E-state index contributed by atoms with van der Waals surface area (Å²) >= 11 is 0. The van der Waals surface area contributed by atoms with E-state index in [0.29, 0.717) is 35.9 Å². The molecule has 0 bridgehead atoms. The Labute approximate surface area is 178 Å². The lowest BCUT2D eigenvalue weighted by atomic mass is 9.65. The summed E-state index contributed by atoms with van der Waals surface area (Å²) in [6.45, 7) is 0. The highest BCUT2D eigenvalue weighted by molar-refractivity contribution is 5.89. The van der Waals surface area contributed by atoms with Crippen LogP contribution in [0.3, 0.4) is 0 Å². The van der Waals surface area contributed by atoms with Crippen molar-refractivity contribution in [3.8, 4) is 0 Å². The minimum atomic E-state index is 0.443. The Morgan fingerprint density at radius 3 is 2.73 bits per heavy atom. The van der Waals surface area contributed by atoms with Crippen molar-refractivity contribution in [1.29, 1.82) is 0 Å². The summed E-state index contributed by atoms with van der Waals surface area (Å²) in [6.07, 6.45) is 27.9. The second kappa shape index (κ2) is 6.25. The zero-order valence-corrected chi connectivity index (χ0v) is 17.0. The third kappa shape index (κ3) is 2.25. The summed E-state index contributed by atoms with van der Waals surface area (Å²) in [4.78, 5) is 2.69. The van der Waals surface area contributed by atoms with Crippen LogP contribution in [0.4, 0.5) is 5.69 Å². The van der Waals surface area contributed by atoms with Crippen molar-refractivity contribution in [3.63, 3.8) is 0 Å². The standard InChI is InChI=1S/C28H26N2/c1-2-10-19(11-3-1)30-26-15-5-4-12-20(26)23-16-22-21-13-6-8-18-9-7-14-24(28(18)21)29-25(22)17-27(23)30/h1-10,12-16,18-19,22,25,27-29H,11,17H2. The predicted octanol–water partition coefficient (Wildman–Crippen LogP) is 5.32. The second-order valence-corrected chi connectivity index (χ2v) is 9.30. The molecule has 2 heterocycles. The van der Waals surface area contributed by atoms with Crippen molar-refractivity contribution in [2.75, 3.05) is 4.90 Å². The third-order valence-electron chi connectivity index (χ3n) is 7.82. The van der Waals surface area contributed by atoms with Crippen LogP contribution in [0.25, 0.3) is 5.57 Å². The summed E-state index contributed by atoms with van der Waals surface area (Å²) in [5.41, 5.74) is 7.41. The van der Waals surface area contributed by atoms with E-state index in [-0.39, 0.29) is 0 Å². The molecule has 6 unspecified atom stereocenters. The van der Waals surface area contributed by atoms with E-state index in [1.165, 1.54) is 16.9 Å². The maximum absolute atomic E-state index is 3.98. The summed E-state index contributed by atoms with van der Waals surface area (Å²) in [6, 6.07) is 10.4. The molecule has 0 amide bonds. The molecule has 0 radical (unpaired) electrons. The van der Waals surface area contributed by atoms with Gasteiger partial charge in [0.2, 0.25) is 0 Å². The van der Waals surface area contributed by atoms with Crippen molar-refractivity contribution < 1.29 is 0 Å². The van der Waals surface area contributed by atoms with Gasteiger partial charge in [0, 0.05) is 40.7 Å². The Bertz CT molecular complexity index is 1130. The Hall–Kier alpha value is -3.00. The smallest absolute Gasteiger partial charge is 0.0572 e. The summed E-state index contributed by atoms with van der Waals surface area (Å²) in [5.74, 6) is 1.47. The fourth-order valence-electron chi connectivity index (χ4n) is 6.59. The number of rotatable bonds is 1. The first kappa shape index (κ1) is 16.8. The van der Waals surface area contributed by atoms with Crippen molar-refractivity contribution in [2.45, 2.75) is 31.0 Å². The quantitative estimate of drug-likeness (QED) is 0.698. The topological polar surface area (TPSA) is 15.3 Å². The number of para-hydroxylation sites is 1. The Morgan fingerprint density at radius 2 is 1.83 bits per heavy atom. The van der Waals surface area contributed by atoms with Crippen molar-refractivity contribution in [1.82, 2.24) is 5.32 Å². The van der Waals surface area contributed by atoms with Gasteiger partial charge < -0.3 is 10.2 Å². The van der Waals surface area contributed by atoms with Crippen LogP contribution in [0.5, 0.6) is 0 Å². The average Bonchev–Trinajstić information content (AvgIpc) is 3.12. The normalized spacial score (nSPS) is 36.7. The van der Waals surface area contributed by atoms with Gasteiger partial charge in [-0.1, -0.05) is 84.5 Å². The van der Waals surface area contributed by atoms with Crippen LogP contribution in [-0.2, 0) is 0 Å². The van der Waals surface area contributed by atoms with Crippen LogP contribution < -0.4 is 10.2 Å². The van der Waals surface area contributed by atoms with Gasteiger partial charge in [0.25, 0.3) is 0 Å². The van der Waals surface area contributed by atoms with Gasteiger partial charge in [0.1, 0.15) is 0 Å². The Morgan fingerprint density at radius 1 is 0.933 bits per heavy atom. The van der Waals surface area contributed by atoms with Gasteiger partial charge in [-0.25, -0.2) is 0 Å². The molecule has 2 aliphatic heterocycles. The van der Waals surface area contributed by atoms with Gasteiger partial charge in [0.05, 0.1) is 12.1 Å². The van der Waals surface area contributed by atoms with Crippen LogP contribution in [0, 0.1) is 17.8 Å². The molecule has 7 rings (SSSR count). The summed E-state index contributed by atoms with van der Waals surface area (Å²) in [5, 5.41) is 3.98. The van der Waals surface area contributed by atoms with E-state index in [4.69, 9.17) is 0 Å². The van der Waals surface area contributed by atoms with Crippen LogP contribution in [0.1, 0.15) is 18.4 Å². The van der Waals surface area contributed by atoms with Crippen molar-refractivity contribution in [3.05, 3.63) is 108 Å². The zero-order valence-electron chi connectivity index (χ0n) is 17.0. The van der Waals surface area contributed by atoms with E-state index < -0.39 is 0 Å². The molecule has 30 heavy (non-hydrogen) atoms. The highest BCUT2D eigenvalue weighted by Gasteiger charge is 2.47. The molecule has 1 aromatic carbocycles. The Balaban J connectivity index is 1.35. The second-order valence-electron chi connectivity index (χ2n) is 9.30. The fourth-order valence-corrected chi connectivity index (χ4v) is 6.59. The molecule has 2 heteroatoms. The number of benzene rings is 1. The van der Waals surface area contributed by atoms with E-state index in [1.54, 1.807) is 11.1 Å². The first-order chi connectivity index (χ1) is 14.9. The van der Waals surface area contributed by atoms with Gasteiger partial charge in [-0.05, 0) is 30.6 Å². The monoisotopic (exact) mass is 390 g/mol. The number of fused-ring (bicyclic) bond motifs is 5. The van der Waals surface area contributed by atoms with Crippen LogP contribution in [0.15, 0.2) is 102 Å².